The molecule has 0 aliphatic rings. The molecule has 0 bridgehead atoms. The normalized spacial score (nSPS) is 11.6. The fraction of sp³-hybridized carbons (Fsp3) is 0.333. The summed E-state index contributed by atoms with van der Waals surface area (Å²) in [6, 6.07) is 11.2. The number of hydrogen-bond donors (Lipinski definition) is 0. The lowest BCUT2D eigenvalue weighted by molar-refractivity contribution is 0.0959. The van der Waals surface area contributed by atoms with Crippen molar-refractivity contribution in [3.05, 3.63) is 52.7 Å². The molecular weight excluding hydrogens is 446 g/mol. The van der Waals surface area contributed by atoms with Gasteiger partial charge in [0.1, 0.15) is 0 Å². The van der Waals surface area contributed by atoms with Gasteiger partial charge in [0.25, 0.3) is 5.91 Å². The van der Waals surface area contributed by atoms with E-state index in [0.717, 1.165) is 40.8 Å². The highest BCUT2D eigenvalue weighted by Gasteiger charge is 2.26. The topological polar surface area (TPSA) is 58.8 Å². The van der Waals surface area contributed by atoms with E-state index in [2.05, 4.69) is 18.7 Å². The summed E-state index contributed by atoms with van der Waals surface area (Å²) in [5, 5.41) is 2.12. The van der Waals surface area contributed by atoms with E-state index in [0.29, 0.717) is 28.0 Å². The number of likely N-dealkylation sites (N-methyl/N-ethyl adjacent to an activating group) is 1. The first-order valence-electron chi connectivity index (χ1n) is 10.6. The number of halogens is 1. The van der Waals surface area contributed by atoms with Gasteiger partial charge < -0.3 is 14.1 Å². The van der Waals surface area contributed by atoms with Crippen LogP contribution in [0.5, 0.6) is 5.75 Å². The van der Waals surface area contributed by atoms with Crippen molar-refractivity contribution in [1.82, 2.24) is 9.88 Å². The van der Waals surface area contributed by atoms with E-state index in [1.807, 2.05) is 37.3 Å². The van der Waals surface area contributed by atoms with E-state index in [1.54, 1.807) is 18.1 Å². The van der Waals surface area contributed by atoms with Crippen molar-refractivity contribution in [2.45, 2.75) is 20.8 Å². The van der Waals surface area contributed by atoms with Crippen LogP contribution in [0.3, 0.4) is 0 Å². The molecule has 0 unspecified atom stereocenters. The summed E-state index contributed by atoms with van der Waals surface area (Å²) in [5.74, 6) is 0.637. The third-order valence-electron chi connectivity index (χ3n) is 5.69. The van der Waals surface area contributed by atoms with Gasteiger partial charge in [-0.15, -0.1) is 0 Å². The third-order valence-corrected chi connectivity index (χ3v) is 7.14. The van der Waals surface area contributed by atoms with Gasteiger partial charge in [-0.05, 0) is 49.8 Å². The van der Waals surface area contributed by atoms with Crippen molar-refractivity contribution in [2.75, 3.05) is 38.2 Å². The van der Waals surface area contributed by atoms with Crippen molar-refractivity contribution < 1.29 is 13.9 Å². The molecule has 2 heterocycles. The summed E-state index contributed by atoms with van der Waals surface area (Å²) in [5.41, 5.74) is 2.30. The number of methoxy groups -OCH3 is 1. The number of amides is 1. The maximum atomic E-state index is 13.6. The number of ether oxygens (including phenoxy) is 1. The molecule has 2 aromatic heterocycles. The average molecular weight is 472 g/mol. The summed E-state index contributed by atoms with van der Waals surface area (Å²) >= 11 is 7.78. The van der Waals surface area contributed by atoms with Crippen LogP contribution in [0.1, 0.15) is 30.0 Å². The quantitative estimate of drug-likeness (QED) is 0.315. The fourth-order valence-electron chi connectivity index (χ4n) is 3.71. The minimum Gasteiger partial charge on any atom is -0.493 e. The molecule has 0 fully saturated rings. The van der Waals surface area contributed by atoms with Gasteiger partial charge in [0.15, 0.2) is 22.2 Å². The van der Waals surface area contributed by atoms with Gasteiger partial charge in [-0.3, -0.25) is 9.69 Å². The molecule has 0 aliphatic heterocycles. The Bertz CT molecular complexity index is 1260. The second-order valence-electron chi connectivity index (χ2n) is 7.49. The predicted molar refractivity (Wildman–Crippen MR) is 132 cm³/mol. The maximum Gasteiger partial charge on any atom is 0.295 e. The lowest BCUT2D eigenvalue weighted by atomic mass is 10.2. The van der Waals surface area contributed by atoms with Gasteiger partial charge in [-0.2, -0.15) is 0 Å². The number of aromatic nitrogens is 1. The molecule has 32 heavy (non-hydrogen) atoms. The van der Waals surface area contributed by atoms with E-state index in [4.69, 9.17) is 25.7 Å². The third kappa shape index (κ3) is 4.20. The highest BCUT2D eigenvalue weighted by Crippen LogP contribution is 2.35. The Balaban J connectivity index is 1.75. The zero-order chi connectivity index (χ0) is 22.8. The second kappa shape index (κ2) is 9.48. The van der Waals surface area contributed by atoms with Crippen molar-refractivity contribution >= 4 is 55.2 Å². The Hall–Kier alpha value is -2.61. The number of benzene rings is 2. The van der Waals surface area contributed by atoms with Gasteiger partial charge in [0.2, 0.25) is 0 Å². The smallest absolute Gasteiger partial charge is 0.295 e. The highest BCUT2D eigenvalue weighted by molar-refractivity contribution is 7.22. The number of furan rings is 1. The maximum absolute atomic E-state index is 13.6. The summed E-state index contributed by atoms with van der Waals surface area (Å²) in [7, 11) is 1.59. The van der Waals surface area contributed by atoms with Crippen LogP contribution in [-0.4, -0.2) is 49.1 Å². The molecule has 0 atom stereocenters. The molecule has 6 nitrogen and oxygen atoms in total. The number of carbonyl (C=O) groups excluding carboxylic acids is 1. The van der Waals surface area contributed by atoms with Crippen LogP contribution in [0.15, 0.2) is 40.8 Å². The van der Waals surface area contributed by atoms with Gasteiger partial charge in [-0.1, -0.05) is 48.9 Å². The number of fused-ring (bicyclic) bond motifs is 2. The number of aryl methyl sites for hydroxylation is 1. The Morgan fingerprint density at radius 1 is 1.19 bits per heavy atom. The Morgan fingerprint density at radius 2 is 1.97 bits per heavy atom. The van der Waals surface area contributed by atoms with Crippen molar-refractivity contribution in [3.8, 4) is 5.75 Å². The first-order chi connectivity index (χ1) is 15.5. The molecule has 8 heteroatoms. The molecule has 0 saturated carbocycles. The van der Waals surface area contributed by atoms with Gasteiger partial charge in [0.05, 0.1) is 17.3 Å². The number of nitrogens with zero attached hydrogens (tertiary/aromatic N) is 3. The van der Waals surface area contributed by atoms with Crippen LogP contribution < -0.4 is 9.64 Å². The highest BCUT2D eigenvalue weighted by atomic mass is 35.5. The van der Waals surface area contributed by atoms with Crippen molar-refractivity contribution in [3.63, 3.8) is 0 Å². The van der Waals surface area contributed by atoms with Gasteiger partial charge in [-0.25, -0.2) is 4.98 Å². The van der Waals surface area contributed by atoms with Crippen LogP contribution in [0, 0.1) is 6.92 Å². The first kappa shape index (κ1) is 22.6. The molecule has 0 N–H and O–H groups in total. The number of hydrogen-bond acceptors (Lipinski definition) is 6. The fourth-order valence-corrected chi connectivity index (χ4v) is 4.91. The van der Waals surface area contributed by atoms with E-state index >= 15 is 0 Å². The molecule has 0 spiro atoms. The SMILES string of the molecule is CCN(CC)CCN(C(=O)c1cc2cccc(OC)c2o1)c1nc2c(C)c(Cl)ccc2s1. The van der Waals surface area contributed by atoms with Crippen LogP contribution in [0.2, 0.25) is 5.02 Å². The summed E-state index contributed by atoms with van der Waals surface area (Å²) in [6.45, 7) is 9.24. The Kier molecular flexibility index (Phi) is 6.69. The predicted octanol–water partition coefficient (Wildman–Crippen LogP) is 6.00. The number of rotatable bonds is 8. The van der Waals surface area contributed by atoms with E-state index in [1.165, 1.54) is 11.3 Å². The van der Waals surface area contributed by atoms with Gasteiger partial charge in [0, 0.05) is 23.5 Å². The summed E-state index contributed by atoms with van der Waals surface area (Å²) < 4.78 is 12.3. The number of para-hydroxylation sites is 1. The number of thiazole rings is 1. The van der Waals surface area contributed by atoms with Gasteiger partial charge >= 0.3 is 0 Å². The molecule has 0 saturated heterocycles. The minimum absolute atomic E-state index is 0.224. The summed E-state index contributed by atoms with van der Waals surface area (Å²) in [6.07, 6.45) is 0. The molecule has 2 aromatic carbocycles. The van der Waals surface area contributed by atoms with Crippen LogP contribution in [-0.2, 0) is 0 Å². The average Bonchev–Trinajstić information content (AvgIpc) is 3.43. The molecule has 4 aromatic rings. The zero-order valence-electron chi connectivity index (χ0n) is 18.6. The van der Waals surface area contributed by atoms with Crippen LogP contribution in [0.4, 0.5) is 5.13 Å². The van der Waals surface area contributed by atoms with E-state index in [-0.39, 0.29) is 11.7 Å². The first-order valence-corrected chi connectivity index (χ1v) is 11.8. The van der Waals surface area contributed by atoms with Crippen LogP contribution >= 0.6 is 22.9 Å². The minimum atomic E-state index is -0.224. The zero-order valence-corrected chi connectivity index (χ0v) is 20.2. The molecule has 0 aliphatic carbocycles. The van der Waals surface area contributed by atoms with Crippen molar-refractivity contribution in [2.24, 2.45) is 0 Å². The van der Waals surface area contributed by atoms with Crippen LogP contribution in [0.25, 0.3) is 21.2 Å². The lowest BCUT2D eigenvalue weighted by Gasteiger charge is -2.24. The van der Waals surface area contributed by atoms with E-state index < -0.39 is 0 Å². The second-order valence-corrected chi connectivity index (χ2v) is 8.90. The molecule has 0 radical (unpaired) electrons. The lowest BCUT2D eigenvalue weighted by Crippen LogP contribution is -2.38. The van der Waals surface area contributed by atoms with Crippen molar-refractivity contribution in [1.29, 1.82) is 0 Å². The summed E-state index contributed by atoms with van der Waals surface area (Å²) in [4.78, 5) is 22.4. The largest absolute Gasteiger partial charge is 0.493 e. The monoisotopic (exact) mass is 471 g/mol. The number of carbonyl (C=O) groups is 1. The Labute approximate surface area is 196 Å². The molecule has 1 amide bonds. The molecule has 168 valence electrons. The van der Waals surface area contributed by atoms with E-state index in [9.17, 15) is 4.79 Å². The molecule has 4 rings (SSSR count). The molecular formula is C24H26ClN3O3S. The Morgan fingerprint density at radius 3 is 2.69 bits per heavy atom. The number of anilines is 1. The standard InChI is InChI=1S/C24H26ClN3O3S/c1-5-27(6-2)12-13-28(24-26-21-15(3)17(25)10-11-20(21)32-24)23(29)19-14-16-8-7-9-18(30-4)22(16)31-19/h7-11,14H,5-6,12-13H2,1-4H3.